The number of rotatable bonds is 9. The smallest absolute Gasteiger partial charge is 0.332 e. The van der Waals surface area contributed by atoms with Crippen molar-refractivity contribution in [2.24, 2.45) is 5.73 Å². The van der Waals surface area contributed by atoms with Crippen LogP contribution in [0, 0.1) is 5.41 Å². The summed E-state index contributed by atoms with van der Waals surface area (Å²) in [4.78, 5) is 26.8. The molecule has 0 bridgehead atoms. The molecule has 0 radical (unpaired) electrons. The maximum absolute atomic E-state index is 11.5. The molecule has 0 aliphatic carbocycles. The van der Waals surface area contributed by atoms with E-state index in [2.05, 4.69) is 10.8 Å². The lowest BCUT2D eigenvalue weighted by Crippen LogP contribution is -2.39. The predicted octanol–water partition coefficient (Wildman–Crippen LogP) is 0.774. The average Bonchev–Trinajstić information content (AvgIpc) is 2.57. The van der Waals surface area contributed by atoms with Crippen LogP contribution < -0.4 is 16.5 Å². The molecule has 0 heterocycles. The van der Waals surface area contributed by atoms with Crippen LogP contribution in [0.15, 0.2) is 30.3 Å². The summed E-state index contributed by atoms with van der Waals surface area (Å²) in [5.41, 5.74) is 8.73. The minimum absolute atomic E-state index is 0.157. The number of carboxylic acid groups (broad SMARTS) is 1. The summed E-state index contributed by atoms with van der Waals surface area (Å²) in [7, 11) is 0. The maximum atomic E-state index is 11.5. The average molecular weight is 336 g/mol. The van der Waals surface area contributed by atoms with Crippen LogP contribution in [-0.4, -0.2) is 35.6 Å². The zero-order chi connectivity index (χ0) is 17.8. The van der Waals surface area contributed by atoms with E-state index < -0.39 is 18.0 Å². The van der Waals surface area contributed by atoms with E-state index in [1.54, 1.807) is 0 Å². The maximum Gasteiger partial charge on any atom is 0.332 e. The number of carbonyl (C=O) groups excluding carboxylic acids is 1. The van der Waals surface area contributed by atoms with Gasteiger partial charge < -0.3 is 21.0 Å². The summed E-state index contributed by atoms with van der Waals surface area (Å²) in [6.07, 6.45) is 2.49. The first-order chi connectivity index (χ1) is 11.5. The predicted molar refractivity (Wildman–Crippen MR) is 89.2 cm³/mol. The van der Waals surface area contributed by atoms with E-state index in [0.29, 0.717) is 25.8 Å². The number of benzene rings is 1. The number of carbonyl (C=O) groups is 2. The Balaban J connectivity index is 2.05. The van der Waals surface area contributed by atoms with Gasteiger partial charge in [-0.3, -0.25) is 10.2 Å². The molecule has 0 aromatic heterocycles. The first kappa shape index (κ1) is 19.4. The second-order valence-corrected chi connectivity index (χ2v) is 5.30. The lowest BCUT2D eigenvalue weighted by atomic mass is 10.1. The highest BCUT2D eigenvalue weighted by Gasteiger charge is 2.10. The van der Waals surface area contributed by atoms with Crippen molar-refractivity contribution < 1.29 is 19.5 Å². The van der Waals surface area contributed by atoms with Crippen molar-refractivity contribution >= 4 is 17.9 Å². The van der Waals surface area contributed by atoms with Crippen LogP contribution in [0.3, 0.4) is 0 Å². The van der Waals surface area contributed by atoms with Crippen LogP contribution in [0.25, 0.3) is 0 Å². The fourth-order valence-electron chi connectivity index (χ4n) is 1.94. The minimum atomic E-state index is -1.05. The number of hydrogen-bond acceptors (Lipinski definition) is 5. The van der Waals surface area contributed by atoms with Crippen molar-refractivity contribution in [2.45, 2.75) is 38.1 Å². The summed E-state index contributed by atoms with van der Waals surface area (Å²) in [6.45, 7) is 0.359. The van der Waals surface area contributed by atoms with Crippen LogP contribution in [-0.2, 0) is 20.8 Å². The topological polar surface area (TPSA) is 138 Å². The third-order valence-corrected chi connectivity index (χ3v) is 3.27. The van der Waals surface area contributed by atoms with Gasteiger partial charge in [0.25, 0.3) is 0 Å². The van der Waals surface area contributed by atoms with Crippen LogP contribution in [0.4, 0.5) is 0 Å². The minimum Gasteiger partial charge on any atom is -0.480 e. The van der Waals surface area contributed by atoms with Crippen molar-refractivity contribution in [1.29, 1.82) is 5.41 Å². The molecule has 1 unspecified atom stereocenters. The lowest BCUT2D eigenvalue weighted by molar-refractivity contribution is -0.148. The number of aliphatic carboxylic acids is 1. The molecule has 8 heteroatoms. The molecule has 6 N–H and O–H groups in total. The van der Waals surface area contributed by atoms with E-state index in [1.807, 2.05) is 30.3 Å². The van der Waals surface area contributed by atoms with E-state index in [1.165, 1.54) is 0 Å². The normalized spacial score (nSPS) is 11.4. The summed E-state index contributed by atoms with van der Waals surface area (Å²) in [5.74, 6) is -1.65. The van der Waals surface area contributed by atoms with Crippen molar-refractivity contribution in [3.05, 3.63) is 35.9 Å². The van der Waals surface area contributed by atoms with Gasteiger partial charge in [0.2, 0.25) is 5.96 Å². The number of hydrogen-bond donors (Lipinski definition) is 5. The Hall–Kier alpha value is -2.61. The third-order valence-electron chi connectivity index (χ3n) is 3.27. The highest BCUT2D eigenvalue weighted by molar-refractivity contribution is 5.78. The third kappa shape index (κ3) is 8.74. The molecule has 0 saturated heterocycles. The van der Waals surface area contributed by atoms with Crippen molar-refractivity contribution in [1.82, 2.24) is 10.8 Å². The summed E-state index contributed by atoms with van der Waals surface area (Å²) in [6, 6.07) is 8.93. The van der Waals surface area contributed by atoms with E-state index in [9.17, 15) is 9.59 Å². The van der Waals surface area contributed by atoms with Crippen molar-refractivity contribution in [3.63, 3.8) is 0 Å². The zero-order valence-electron chi connectivity index (χ0n) is 13.5. The molecule has 0 fully saturated rings. The fraction of sp³-hybridized carbons (Fsp3) is 0.438. The van der Waals surface area contributed by atoms with Crippen LogP contribution >= 0.6 is 0 Å². The monoisotopic (exact) mass is 336 g/mol. The van der Waals surface area contributed by atoms with Gasteiger partial charge in [0, 0.05) is 13.0 Å². The number of carboxylic acids is 1. The van der Waals surface area contributed by atoms with Crippen molar-refractivity contribution in [2.75, 3.05) is 6.54 Å². The molecule has 24 heavy (non-hydrogen) atoms. The van der Waals surface area contributed by atoms with Gasteiger partial charge in [-0.15, -0.1) is 0 Å². The Morgan fingerprint density at radius 2 is 1.96 bits per heavy atom. The molecule has 0 aliphatic rings. The van der Waals surface area contributed by atoms with Gasteiger partial charge in [-0.25, -0.2) is 4.79 Å². The fourth-order valence-corrected chi connectivity index (χ4v) is 1.94. The Morgan fingerprint density at radius 3 is 2.62 bits per heavy atom. The Kier molecular flexibility index (Phi) is 8.91. The van der Waals surface area contributed by atoms with E-state index in [4.69, 9.17) is 21.1 Å². The number of nitrogens with one attached hydrogen (secondary N) is 3. The zero-order valence-corrected chi connectivity index (χ0v) is 13.5. The van der Waals surface area contributed by atoms with Gasteiger partial charge in [0.05, 0.1) is 0 Å². The van der Waals surface area contributed by atoms with Crippen LogP contribution in [0.1, 0.15) is 31.2 Å². The van der Waals surface area contributed by atoms with E-state index in [-0.39, 0.29) is 12.4 Å². The molecule has 1 aromatic carbocycles. The number of guanidine groups is 1. The summed E-state index contributed by atoms with van der Waals surface area (Å²) in [5, 5.41) is 18.8. The van der Waals surface area contributed by atoms with Gasteiger partial charge in [0.15, 0.2) is 0 Å². The molecule has 1 atom stereocenters. The first-order valence-corrected chi connectivity index (χ1v) is 7.79. The van der Waals surface area contributed by atoms with E-state index in [0.717, 1.165) is 12.0 Å². The Morgan fingerprint density at radius 1 is 1.25 bits per heavy atom. The standard InChI is InChI=1S/C16H24N4O4/c17-13(15(22)23)9-5-11-19-16(18)20-24-14(21)10-4-8-12-6-2-1-3-7-12/h1-3,6-7,13H,4-5,8-11,17H2,(H,22,23)(H3,18,19,20). The summed E-state index contributed by atoms with van der Waals surface area (Å²) >= 11 is 0. The van der Waals surface area contributed by atoms with Gasteiger partial charge in [-0.2, -0.15) is 5.48 Å². The van der Waals surface area contributed by atoms with E-state index >= 15 is 0 Å². The molecule has 0 amide bonds. The van der Waals surface area contributed by atoms with Crippen molar-refractivity contribution in [3.8, 4) is 0 Å². The molecule has 1 aromatic rings. The number of aryl methyl sites for hydroxylation is 1. The van der Waals surface area contributed by atoms with Gasteiger partial charge in [-0.1, -0.05) is 30.3 Å². The van der Waals surface area contributed by atoms with Gasteiger partial charge in [-0.05, 0) is 31.2 Å². The Labute approximate surface area is 140 Å². The molecule has 1 rings (SSSR count). The molecule has 0 saturated carbocycles. The molecule has 132 valence electrons. The van der Waals surface area contributed by atoms with Gasteiger partial charge >= 0.3 is 11.9 Å². The molecular formula is C16H24N4O4. The number of hydroxylamine groups is 1. The molecule has 0 aliphatic heterocycles. The Bertz CT molecular complexity index is 536. The van der Waals surface area contributed by atoms with Crippen LogP contribution in [0.5, 0.6) is 0 Å². The van der Waals surface area contributed by atoms with Crippen LogP contribution in [0.2, 0.25) is 0 Å². The molecule has 0 spiro atoms. The quantitative estimate of drug-likeness (QED) is 0.194. The number of nitrogens with two attached hydrogens (primary N) is 1. The SMILES string of the molecule is N=C(NCCCC(N)C(=O)O)NOC(=O)CCCc1ccccc1. The molecule has 8 nitrogen and oxygen atoms in total. The highest BCUT2D eigenvalue weighted by Crippen LogP contribution is 2.04. The largest absolute Gasteiger partial charge is 0.480 e. The second kappa shape index (κ2) is 11.0. The highest BCUT2D eigenvalue weighted by atomic mass is 16.7. The molecular weight excluding hydrogens is 312 g/mol. The first-order valence-electron chi connectivity index (χ1n) is 7.79. The van der Waals surface area contributed by atoms with Gasteiger partial charge in [0.1, 0.15) is 6.04 Å². The lowest BCUT2D eigenvalue weighted by Gasteiger charge is -2.11. The second-order valence-electron chi connectivity index (χ2n) is 5.30. The summed E-state index contributed by atoms with van der Waals surface area (Å²) < 4.78 is 0.